The highest BCUT2D eigenvalue weighted by molar-refractivity contribution is 5.80. The summed E-state index contributed by atoms with van der Waals surface area (Å²) < 4.78 is 7.38. The van der Waals surface area contributed by atoms with Gasteiger partial charge in [-0.05, 0) is 31.7 Å². The molecule has 8 heteroatoms. The standard InChI is InChI=1S/C22H24N6O2/c1-4-15-10-11-27(12-15)22-25-24-20(30-22)18-13(2)23-19-17(16-8-6-5-7-9-16)14(3)26-28(19)21(18)29/h5-9,15,26H,4,10-12H2,1-3H3. The molecule has 1 atom stereocenters. The fraction of sp³-hybridized carbons (Fsp3) is 0.364. The first kappa shape index (κ1) is 18.6. The molecule has 0 spiro atoms. The quantitative estimate of drug-likeness (QED) is 0.559. The predicted molar refractivity (Wildman–Crippen MR) is 115 cm³/mol. The first-order valence-electron chi connectivity index (χ1n) is 10.3. The number of hydrogen-bond acceptors (Lipinski definition) is 6. The lowest BCUT2D eigenvalue weighted by atomic mass is 10.1. The summed E-state index contributed by atoms with van der Waals surface area (Å²) in [5.41, 5.74) is 4.04. The maximum Gasteiger partial charge on any atom is 0.318 e. The van der Waals surface area contributed by atoms with Crippen molar-refractivity contribution >= 4 is 11.7 Å². The fourth-order valence-corrected chi connectivity index (χ4v) is 4.27. The lowest BCUT2D eigenvalue weighted by Gasteiger charge is -2.11. The second kappa shape index (κ2) is 7.12. The largest absolute Gasteiger partial charge is 0.403 e. The molecule has 1 aliphatic rings. The summed E-state index contributed by atoms with van der Waals surface area (Å²) in [6.45, 7) is 7.74. The maximum atomic E-state index is 13.3. The van der Waals surface area contributed by atoms with Gasteiger partial charge in [-0.3, -0.25) is 9.89 Å². The number of aromatic amines is 1. The molecule has 3 aromatic heterocycles. The molecule has 0 bridgehead atoms. The number of benzene rings is 1. The van der Waals surface area contributed by atoms with Crippen LogP contribution in [0.4, 0.5) is 6.01 Å². The lowest BCUT2D eigenvalue weighted by Crippen LogP contribution is -2.20. The summed E-state index contributed by atoms with van der Waals surface area (Å²) in [7, 11) is 0. The van der Waals surface area contributed by atoms with Gasteiger partial charge in [0.2, 0.25) is 0 Å². The first-order valence-corrected chi connectivity index (χ1v) is 10.3. The third-order valence-corrected chi connectivity index (χ3v) is 5.97. The molecule has 4 aromatic rings. The highest BCUT2D eigenvalue weighted by atomic mass is 16.4. The second-order valence-electron chi connectivity index (χ2n) is 7.91. The lowest BCUT2D eigenvalue weighted by molar-refractivity contribution is 0.539. The highest BCUT2D eigenvalue weighted by Crippen LogP contribution is 2.30. The number of hydrogen-bond donors (Lipinski definition) is 1. The van der Waals surface area contributed by atoms with Crippen LogP contribution < -0.4 is 10.5 Å². The van der Waals surface area contributed by atoms with Crippen LogP contribution in [0.25, 0.3) is 28.2 Å². The molecule has 154 valence electrons. The Bertz CT molecular complexity index is 1270. The molecule has 30 heavy (non-hydrogen) atoms. The number of rotatable bonds is 4. The Morgan fingerprint density at radius 2 is 1.97 bits per heavy atom. The Hall–Kier alpha value is -3.42. The van der Waals surface area contributed by atoms with E-state index < -0.39 is 0 Å². The Balaban J connectivity index is 1.60. The first-order chi connectivity index (χ1) is 14.6. The Morgan fingerprint density at radius 1 is 1.17 bits per heavy atom. The van der Waals surface area contributed by atoms with Crippen molar-refractivity contribution in [3.8, 4) is 22.6 Å². The second-order valence-corrected chi connectivity index (χ2v) is 7.91. The molecule has 5 rings (SSSR count). The average molecular weight is 404 g/mol. The molecule has 0 saturated carbocycles. The van der Waals surface area contributed by atoms with Crippen LogP contribution in [0.5, 0.6) is 0 Å². The van der Waals surface area contributed by atoms with Gasteiger partial charge in [0.1, 0.15) is 5.56 Å². The van der Waals surface area contributed by atoms with Gasteiger partial charge in [-0.15, -0.1) is 5.10 Å². The number of aromatic nitrogens is 5. The zero-order valence-electron chi connectivity index (χ0n) is 17.3. The van der Waals surface area contributed by atoms with Gasteiger partial charge in [0, 0.05) is 24.3 Å². The Morgan fingerprint density at radius 3 is 2.70 bits per heavy atom. The molecule has 0 aliphatic carbocycles. The highest BCUT2D eigenvalue weighted by Gasteiger charge is 2.27. The molecule has 1 unspecified atom stereocenters. The monoisotopic (exact) mass is 404 g/mol. The van der Waals surface area contributed by atoms with Gasteiger partial charge >= 0.3 is 6.01 Å². The third-order valence-electron chi connectivity index (χ3n) is 5.97. The van der Waals surface area contributed by atoms with Crippen LogP contribution in [-0.2, 0) is 0 Å². The molecule has 1 fully saturated rings. The van der Waals surface area contributed by atoms with Gasteiger partial charge in [0.15, 0.2) is 5.65 Å². The summed E-state index contributed by atoms with van der Waals surface area (Å²) in [6.07, 6.45) is 2.25. The van der Waals surface area contributed by atoms with Crippen molar-refractivity contribution in [3.05, 3.63) is 52.1 Å². The average Bonchev–Trinajstić information content (AvgIpc) is 3.47. The fourth-order valence-electron chi connectivity index (χ4n) is 4.27. The molecule has 1 aromatic carbocycles. The number of anilines is 1. The van der Waals surface area contributed by atoms with Crippen LogP contribution >= 0.6 is 0 Å². The van der Waals surface area contributed by atoms with Crippen molar-refractivity contribution in [1.29, 1.82) is 0 Å². The van der Waals surface area contributed by atoms with Gasteiger partial charge in [-0.2, -0.15) is 0 Å². The van der Waals surface area contributed by atoms with E-state index in [0.717, 1.165) is 42.8 Å². The molecular formula is C22H24N6O2. The summed E-state index contributed by atoms with van der Waals surface area (Å²) in [4.78, 5) is 20.2. The molecule has 0 radical (unpaired) electrons. The van der Waals surface area contributed by atoms with Gasteiger partial charge in [0.25, 0.3) is 11.4 Å². The van der Waals surface area contributed by atoms with Gasteiger partial charge in [-0.1, -0.05) is 48.8 Å². The molecule has 0 amide bonds. The molecule has 1 aliphatic heterocycles. The van der Waals surface area contributed by atoms with Gasteiger partial charge in [0.05, 0.1) is 5.69 Å². The molecule has 4 heterocycles. The zero-order valence-corrected chi connectivity index (χ0v) is 17.3. The summed E-state index contributed by atoms with van der Waals surface area (Å²) >= 11 is 0. The number of H-pyrrole nitrogens is 1. The zero-order chi connectivity index (χ0) is 20.8. The third kappa shape index (κ3) is 2.91. The van der Waals surface area contributed by atoms with Crippen molar-refractivity contribution < 1.29 is 4.42 Å². The van der Waals surface area contributed by atoms with Gasteiger partial charge < -0.3 is 9.32 Å². The van der Waals surface area contributed by atoms with E-state index in [1.807, 2.05) is 37.3 Å². The maximum absolute atomic E-state index is 13.3. The van der Waals surface area contributed by atoms with E-state index in [-0.39, 0.29) is 11.4 Å². The van der Waals surface area contributed by atoms with E-state index in [2.05, 4.69) is 27.1 Å². The molecular weight excluding hydrogens is 380 g/mol. The molecule has 8 nitrogen and oxygen atoms in total. The SMILES string of the molecule is CCC1CCN(c2nnc(-c3c(C)nc4c(-c5ccccc5)c(C)[nH]n4c3=O)o2)C1. The van der Waals surface area contributed by atoms with Crippen molar-refractivity contribution in [2.45, 2.75) is 33.6 Å². The van der Waals surface area contributed by atoms with E-state index in [4.69, 9.17) is 9.40 Å². The summed E-state index contributed by atoms with van der Waals surface area (Å²) in [5, 5.41) is 11.5. The van der Waals surface area contributed by atoms with Crippen molar-refractivity contribution in [2.75, 3.05) is 18.0 Å². The van der Waals surface area contributed by atoms with E-state index in [1.54, 1.807) is 6.92 Å². The van der Waals surface area contributed by atoms with Crippen molar-refractivity contribution in [1.82, 2.24) is 24.8 Å². The van der Waals surface area contributed by atoms with Crippen LogP contribution in [0, 0.1) is 19.8 Å². The normalized spacial score (nSPS) is 16.6. The van der Waals surface area contributed by atoms with Crippen LogP contribution in [0.1, 0.15) is 31.2 Å². The van der Waals surface area contributed by atoms with Crippen LogP contribution in [-0.4, -0.2) is 37.9 Å². The number of nitrogens with zero attached hydrogens (tertiary/aromatic N) is 5. The van der Waals surface area contributed by atoms with Crippen LogP contribution in [0.15, 0.2) is 39.5 Å². The number of fused-ring (bicyclic) bond motifs is 1. The summed E-state index contributed by atoms with van der Waals surface area (Å²) in [5.74, 6) is 0.854. The minimum atomic E-state index is -0.245. The van der Waals surface area contributed by atoms with Gasteiger partial charge in [-0.25, -0.2) is 9.50 Å². The van der Waals surface area contributed by atoms with Crippen molar-refractivity contribution in [2.24, 2.45) is 5.92 Å². The van der Waals surface area contributed by atoms with E-state index >= 15 is 0 Å². The van der Waals surface area contributed by atoms with E-state index in [0.29, 0.717) is 28.8 Å². The van der Waals surface area contributed by atoms with Crippen LogP contribution in [0.3, 0.4) is 0 Å². The smallest absolute Gasteiger partial charge is 0.318 e. The minimum absolute atomic E-state index is 0.211. The van der Waals surface area contributed by atoms with E-state index in [9.17, 15) is 4.79 Å². The number of aryl methyl sites for hydroxylation is 2. The topological polar surface area (TPSA) is 92.3 Å². The molecule has 1 saturated heterocycles. The van der Waals surface area contributed by atoms with Crippen LogP contribution in [0.2, 0.25) is 0 Å². The summed E-state index contributed by atoms with van der Waals surface area (Å²) in [6, 6.07) is 10.4. The number of nitrogens with one attached hydrogen (secondary N) is 1. The Kier molecular flexibility index (Phi) is 4.42. The Labute approximate surface area is 173 Å². The van der Waals surface area contributed by atoms with E-state index in [1.165, 1.54) is 4.52 Å². The predicted octanol–water partition coefficient (Wildman–Crippen LogP) is 3.59. The minimum Gasteiger partial charge on any atom is -0.403 e. The molecule has 1 N–H and O–H groups in total. The van der Waals surface area contributed by atoms with Crippen molar-refractivity contribution in [3.63, 3.8) is 0 Å².